The summed E-state index contributed by atoms with van der Waals surface area (Å²) in [6.45, 7) is 3.21. The summed E-state index contributed by atoms with van der Waals surface area (Å²) >= 11 is 0. The average molecular weight is 432 g/mol. The normalized spacial score (nSPS) is 19.7. The van der Waals surface area contributed by atoms with Crippen LogP contribution in [0.2, 0.25) is 0 Å². The minimum absolute atomic E-state index is 0.0323. The monoisotopic (exact) mass is 431 g/mol. The third-order valence-electron chi connectivity index (χ3n) is 6.32. The highest BCUT2D eigenvalue weighted by Gasteiger charge is 2.35. The van der Waals surface area contributed by atoms with Crippen LogP contribution < -0.4 is 10.7 Å². The molecular formula is C23H33N3O5. The molecule has 0 spiro atoms. The fourth-order valence-corrected chi connectivity index (χ4v) is 4.68. The van der Waals surface area contributed by atoms with Crippen molar-refractivity contribution >= 4 is 17.8 Å². The van der Waals surface area contributed by atoms with E-state index in [9.17, 15) is 19.2 Å². The van der Waals surface area contributed by atoms with Gasteiger partial charge < -0.3 is 19.5 Å². The van der Waals surface area contributed by atoms with Gasteiger partial charge in [-0.1, -0.05) is 19.3 Å². The van der Waals surface area contributed by atoms with Gasteiger partial charge in [-0.3, -0.25) is 14.4 Å². The first-order valence-corrected chi connectivity index (χ1v) is 11.4. The van der Waals surface area contributed by atoms with Gasteiger partial charge in [0.25, 0.3) is 11.8 Å². The van der Waals surface area contributed by atoms with Crippen molar-refractivity contribution in [2.45, 2.75) is 70.9 Å². The number of carbonyl (C=O) groups excluding carboxylic acids is 3. The van der Waals surface area contributed by atoms with Gasteiger partial charge in [-0.2, -0.15) is 0 Å². The molecule has 1 atom stereocenters. The number of likely N-dealkylation sites (tertiary alicyclic amines) is 1. The molecule has 8 nitrogen and oxygen atoms in total. The minimum atomic E-state index is -0.703. The van der Waals surface area contributed by atoms with E-state index in [2.05, 4.69) is 5.32 Å². The number of hydrogen-bond acceptors (Lipinski definition) is 5. The van der Waals surface area contributed by atoms with Gasteiger partial charge in [0.2, 0.25) is 5.43 Å². The maximum absolute atomic E-state index is 13.4. The van der Waals surface area contributed by atoms with Crippen LogP contribution in [-0.2, 0) is 16.1 Å². The predicted molar refractivity (Wildman–Crippen MR) is 116 cm³/mol. The number of esters is 1. The van der Waals surface area contributed by atoms with E-state index in [1.807, 2.05) is 4.57 Å². The van der Waals surface area contributed by atoms with Crippen molar-refractivity contribution in [1.82, 2.24) is 14.8 Å². The number of piperidine rings is 1. The van der Waals surface area contributed by atoms with E-state index >= 15 is 0 Å². The second-order valence-electron chi connectivity index (χ2n) is 8.51. The topological polar surface area (TPSA) is 97.7 Å². The van der Waals surface area contributed by atoms with Crippen molar-refractivity contribution in [3.63, 3.8) is 0 Å². The van der Waals surface area contributed by atoms with Crippen molar-refractivity contribution in [1.29, 1.82) is 0 Å². The second-order valence-corrected chi connectivity index (χ2v) is 8.51. The molecule has 2 fully saturated rings. The Morgan fingerprint density at radius 3 is 2.39 bits per heavy atom. The van der Waals surface area contributed by atoms with Gasteiger partial charge in [-0.05, 0) is 44.9 Å². The molecule has 1 unspecified atom stereocenters. The van der Waals surface area contributed by atoms with Crippen molar-refractivity contribution < 1.29 is 19.1 Å². The summed E-state index contributed by atoms with van der Waals surface area (Å²) in [6, 6.07) is -0.703. The Morgan fingerprint density at radius 1 is 1.03 bits per heavy atom. The molecule has 31 heavy (non-hydrogen) atoms. The molecule has 1 aromatic rings. The SMILES string of the molecule is CCNC(=O)c1cn(CC2CCCCC2)cc(C(=O)N2CCCCC2C(=O)OC)c1=O. The Balaban J connectivity index is 1.98. The summed E-state index contributed by atoms with van der Waals surface area (Å²) in [5, 5.41) is 2.66. The van der Waals surface area contributed by atoms with Gasteiger partial charge in [0, 0.05) is 32.0 Å². The zero-order valence-electron chi connectivity index (χ0n) is 18.5. The molecule has 170 valence electrons. The first-order valence-electron chi connectivity index (χ1n) is 11.4. The molecule has 1 aromatic heterocycles. The number of ether oxygens (including phenoxy) is 1. The van der Waals surface area contributed by atoms with Crippen molar-refractivity contribution in [3.8, 4) is 0 Å². The number of nitrogens with one attached hydrogen (secondary N) is 1. The highest BCUT2D eigenvalue weighted by Crippen LogP contribution is 2.25. The van der Waals surface area contributed by atoms with E-state index < -0.39 is 29.3 Å². The summed E-state index contributed by atoms with van der Waals surface area (Å²) in [6.07, 6.45) is 11.0. The second kappa shape index (κ2) is 10.6. The number of hydrogen-bond donors (Lipinski definition) is 1. The largest absolute Gasteiger partial charge is 0.467 e. The Morgan fingerprint density at radius 2 is 1.71 bits per heavy atom. The molecule has 0 bridgehead atoms. The van der Waals surface area contributed by atoms with Gasteiger partial charge in [0.1, 0.15) is 17.2 Å². The summed E-state index contributed by atoms with van der Waals surface area (Å²) in [5.41, 5.74) is -0.685. The lowest BCUT2D eigenvalue weighted by atomic mass is 9.89. The number of aromatic nitrogens is 1. The third-order valence-corrected chi connectivity index (χ3v) is 6.32. The average Bonchev–Trinajstić information content (AvgIpc) is 2.80. The van der Waals surface area contributed by atoms with E-state index in [0.29, 0.717) is 32.0 Å². The molecule has 3 rings (SSSR count). The van der Waals surface area contributed by atoms with Crippen LogP contribution in [0.1, 0.15) is 79.0 Å². The van der Waals surface area contributed by atoms with Crippen LogP contribution >= 0.6 is 0 Å². The molecule has 0 aromatic carbocycles. The van der Waals surface area contributed by atoms with Gasteiger partial charge >= 0.3 is 5.97 Å². The summed E-state index contributed by atoms with van der Waals surface area (Å²) in [7, 11) is 1.30. The summed E-state index contributed by atoms with van der Waals surface area (Å²) < 4.78 is 6.69. The van der Waals surface area contributed by atoms with Crippen molar-refractivity contribution in [2.75, 3.05) is 20.2 Å². The van der Waals surface area contributed by atoms with Gasteiger partial charge in [-0.25, -0.2) is 4.79 Å². The van der Waals surface area contributed by atoms with E-state index in [1.165, 1.54) is 31.3 Å². The quantitative estimate of drug-likeness (QED) is 0.698. The van der Waals surface area contributed by atoms with E-state index in [0.717, 1.165) is 25.7 Å². The van der Waals surface area contributed by atoms with Gasteiger partial charge in [0.15, 0.2) is 0 Å². The van der Waals surface area contributed by atoms with Crippen LogP contribution in [0.15, 0.2) is 17.2 Å². The number of pyridine rings is 1. The van der Waals surface area contributed by atoms with Crippen LogP contribution in [0.5, 0.6) is 0 Å². The third kappa shape index (κ3) is 5.35. The fourth-order valence-electron chi connectivity index (χ4n) is 4.68. The molecule has 1 aliphatic heterocycles. The lowest BCUT2D eigenvalue weighted by Crippen LogP contribution is -2.50. The molecule has 1 saturated heterocycles. The van der Waals surface area contributed by atoms with Crippen LogP contribution in [0, 0.1) is 5.92 Å². The first-order chi connectivity index (χ1) is 15.0. The molecule has 1 aliphatic carbocycles. The smallest absolute Gasteiger partial charge is 0.328 e. The van der Waals surface area contributed by atoms with Crippen LogP contribution in [0.3, 0.4) is 0 Å². The predicted octanol–water partition coefficient (Wildman–Crippen LogP) is 2.35. The number of rotatable bonds is 6. The Labute approximate surface area is 182 Å². The van der Waals surface area contributed by atoms with E-state index in [-0.39, 0.29) is 11.1 Å². The van der Waals surface area contributed by atoms with Gasteiger partial charge in [0.05, 0.1) is 7.11 Å². The molecule has 2 heterocycles. The van der Waals surface area contributed by atoms with Gasteiger partial charge in [-0.15, -0.1) is 0 Å². The lowest BCUT2D eigenvalue weighted by molar-refractivity contribution is -0.147. The number of nitrogens with zero attached hydrogens (tertiary/aromatic N) is 2. The summed E-state index contributed by atoms with van der Waals surface area (Å²) in [5.74, 6) is -1.01. The highest BCUT2D eigenvalue weighted by atomic mass is 16.5. The molecule has 2 aliphatic rings. The number of amides is 2. The maximum atomic E-state index is 13.4. The fraction of sp³-hybridized carbons (Fsp3) is 0.652. The van der Waals surface area contributed by atoms with E-state index in [1.54, 1.807) is 19.3 Å². The summed E-state index contributed by atoms with van der Waals surface area (Å²) in [4.78, 5) is 52.7. The lowest BCUT2D eigenvalue weighted by Gasteiger charge is -2.33. The zero-order chi connectivity index (χ0) is 22.4. The Bertz CT molecular complexity index is 872. The first kappa shape index (κ1) is 23.0. The zero-order valence-corrected chi connectivity index (χ0v) is 18.5. The standard InChI is InChI=1S/C23H33N3O5/c1-3-24-21(28)17-14-25(13-16-9-5-4-6-10-16)15-18(20(17)27)22(29)26-12-8-7-11-19(26)23(30)31-2/h14-16,19H,3-13H2,1-2H3,(H,24,28). The minimum Gasteiger partial charge on any atom is -0.467 e. The molecule has 0 radical (unpaired) electrons. The Kier molecular flexibility index (Phi) is 7.87. The highest BCUT2D eigenvalue weighted by molar-refractivity contribution is 6.00. The van der Waals surface area contributed by atoms with Crippen molar-refractivity contribution in [3.05, 3.63) is 33.7 Å². The molecule has 2 amide bonds. The van der Waals surface area contributed by atoms with Crippen LogP contribution in [0.25, 0.3) is 0 Å². The Hall–Kier alpha value is -2.64. The molecular weight excluding hydrogens is 398 g/mol. The molecule has 1 saturated carbocycles. The maximum Gasteiger partial charge on any atom is 0.328 e. The number of carbonyl (C=O) groups is 3. The van der Waals surface area contributed by atoms with Crippen LogP contribution in [0.4, 0.5) is 0 Å². The van der Waals surface area contributed by atoms with Crippen LogP contribution in [-0.4, -0.2) is 53.5 Å². The van der Waals surface area contributed by atoms with E-state index in [4.69, 9.17) is 4.74 Å². The van der Waals surface area contributed by atoms with Crippen molar-refractivity contribution in [2.24, 2.45) is 5.92 Å². The molecule has 8 heteroatoms. The molecule has 1 N–H and O–H groups in total. The number of methoxy groups -OCH3 is 1.